The Morgan fingerprint density at radius 1 is 1.31 bits per heavy atom. The lowest BCUT2D eigenvalue weighted by Gasteiger charge is -2.16. The van der Waals surface area contributed by atoms with Crippen molar-refractivity contribution in [2.75, 3.05) is 13.1 Å². The normalized spacial score (nSPS) is 21.0. The highest BCUT2D eigenvalue weighted by Crippen LogP contribution is 2.13. The molecule has 0 aromatic heterocycles. The van der Waals surface area contributed by atoms with Crippen molar-refractivity contribution in [3.8, 4) is 0 Å². The molecule has 1 aliphatic heterocycles. The minimum atomic E-state index is -0.0266. The second-order valence-corrected chi connectivity index (χ2v) is 4.49. The molecule has 0 aromatic carbocycles. The summed E-state index contributed by atoms with van der Waals surface area (Å²) in [6.45, 7) is 4.20. The van der Waals surface area contributed by atoms with Crippen LogP contribution in [0.3, 0.4) is 0 Å². The SMILES string of the molecule is CCCC1=CCCC=C1.OC1CCNCC1. The summed E-state index contributed by atoms with van der Waals surface area (Å²) < 4.78 is 0. The first-order valence-corrected chi connectivity index (χ1v) is 6.57. The number of piperidine rings is 1. The van der Waals surface area contributed by atoms with E-state index in [4.69, 9.17) is 5.11 Å². The Balaban J connectivity index is 0.000000165. The number of hydrogen-bond donors (Lipinski definition) is 2. The third kappa shape index (κ3) is 6.09. The second kappa shape index (κ2) is 8.54. The van der Waals surface area contributed by atoms with Crippen molar-refractivity contribution >= 4 is 0 Å². The highest BCUT2D eigenvalue weighted by Gasteiger charge is 2.06. The zero-order valence-electron chi connectivity index (χ0n) is 10.4. The molecule has 0 bridgehead atoms. The van der Waals surface area contributed by atoms with Crippen molar-refractivity contribution < 1.29 is 5.11 Å². The van der Waals surface area contributed by atoms with Crippen LogP contribution in [0.1, 0.15) is 45.4 Å². The Kier molecular flexibility index (Phi) is 7.19. The van der Waals surface area contributed by atoms with Crippen molar-refractivity contribution in [2.45, 2.75) is 51.6 Å². The van der Waals surface area contributed by atoms with Crippen LogP contribution >= 0.6 is 0 Å². The minimum Gasteiger partial charge on any atom is -0.393 e. The van der Waals surface area contributed by atoms with E-state index < -0.39 is 0 Å². The second-order valence-electron chi connectivity index (χ2n) is 4.49. The molecule has 0 unspecified atom stereocenters. The van der Waals surface area contributed by atoms with Crippen LogP contribution in [0.25, 0.3) is 0 Å². The maximum Gasteiger partial charge on any atom is 0.0564 e. The average Bonchev–Trinajstić information content (AvgIpc) is 2.33. The summed E-state index contributed by atoms with van der Waals surface area (Å²) in [6.07, 6.45) is 13.7. The topological polar surface area (TPSA) is 32.3 Å². The van der Waals surface area contributed by atoms with Crippen molar-refractivity contribution in [1.29, 1.82) is 0 Å². The maximum atomic E-state index is 8.87. The monoisotopic (exact) mass is 223 g/mol. The molecular formula is C14H25NO. The highest BCUT2D eigenvalue weighted by atomic mass is 16.3. The van der Waals surface area contributed by atoms with Gasteiger partial charge >= 0.3 is 0 Å². The van der Waals surface area contributed by atoms with Crippen LogP contribution in [-0.4, -0.2) is 24.3 Å². The van der Waals surface area contributed by atoms with E-state index in [0.29, 0.717) is 0 Å². The first-order valence-electron chi connectivity index (χ1n) is 6.57. The van der Waals surface area contributed by atoms with Gasteiger partial charge in [0.1, 0.15) is 0 Å². The minimum absolute atomic E-state index is 0.0266. The molecule has 0 aromatic rings. The lowest BCUT2D eigenvalue weighted by Crippen LogP contribution is -2.30. The number of aliphatic hydroxyl groups is 1. The molecular weight excluding hydrogens is 198 g/mol. The average molecular weight is 223 g/mol. The molecule has 1 heterocycles. The molecule has 2 nitrogen and oxygen atoms in total. The molecule has 16 heavy (non-hydrogen) atoms. The summed E-state index contributed by atoms with van der Waals surface area (Å²) in [6, 6.07) is 0. The van der Waals surface area contributed by atoms with Gasteiger partial charge in [0, 0.05) is 0 Å². The molecule has 0 saturated carbocycles. The van der Waals surface area contributed by atoms with Gasteiger partial charge in [-0.25, -0.2) is 0 Å². The highest BCUT2D eigenvalue weighted by molar-refractivity contribution is 5.21. The molecule has 2 aliphatic rings. The zero-order valence-corrected chi connectivity index (χ0v) is 10.4. The first-order chi connectivity index (χ1) is 7.83. The quantitative estimate of drug-likeness (QED) is 0.754. The molecule has 0 atom stereocenters. The van der Waals surface area contributed by atoms with Crippen LogP contribution in [0, 0.1) is 0 Å². The predicted octanol–water partition coefficient (Wildman–Crippen LogP) is 2.79. The summed E-state index contributed by atoms with van der Waals surface area (Å²) in [5, 5.41) is 12.0. The van der Waals surface area contributed by atoms with Gasteiger partial charge in [0.2, 0.25) is 0 Å². The van der Waals surface area contributed by atoms with Crippen molar-refractivity contribution in [3.05, 3.63) is 23.8 Å². The summed E-state index contributed by atoms with van der Waals surface area (Å²) in [7, 11) is 0. The Labute approximate surface area is 99.4 Å². The van der Waals surface area contributed by atoms with Crippen LogP contribution in [0.15, 0.2) is 23.8 Å². The van der Waals surface area contributed by atoms with E-state index in [0.717, 1.165) is 25.9 Å². The van der Waals surface area contributed by atoms with E-state index in [2.05, 4.69) is 30.5 Å². The van der Waals surface area contributed by atoms with E-state index >= 15 is 0 Å². The fraction of sp³-hybridized carbons (Fsp3) is 0.714. The molecule has 1 aliphatic carbocycles. The lowest BCUT2D eigenvalue weighted by atomic mass is 10.0. The number of nitrogens with one attached hydrogen (secondary N) is 1. The van der Waals surface area contributed by atoms with Gasteiger partial charge in [0.05, 0.1) is 6.10 Å². The van der Waals surface area contributed by atoms with Crippen LogP contribution in [0.2, 0.25) is 0 Å². The van der Waals surface area contributed by atoms with Gasteiger partial charge in [-0.05, 0) is 45.2 Å². The molecule has 1 saturated heterocycles. The molecule has 1 fully saturated rings. The smallest absolute Gasteiger partial charge is 0.0564 e. The van der Waals surface area contributed by atoms with Crippen LogP contribution in [0.5, 0.6) is 0 Å². The van der Waals surface area contributed by atoms with Gasteiger partial charge in [0.25, 0.3) is 0 Å². The fourth-order valence-electron chi connectivity index (χ4n) is 1.95. The van der Waals surface area contributed by atoms with E-state index in [1.807, 2.05) is 0 Å². The van der Waals surface area contributed by atoms with Crippen LogP contribution in [-0.2, 0) is 0 Å². The number of aliphatic hydroxyl groups excluding tert-OH is 1. The summed E-state index contributed by atoms with van der Waals surface area (Å²) in [5.74, 6) is 0. The molecule has 2 N–H and O–H groups in total. The van der Waals surface area contributed by atoms with Gasteiger partial charge in [-0.2, -0.15) is 0 Å². The molecule has 2 heteroatoms. The van der Waals surface area contributed by atoms with Crippen molar-refractivity contribution in [1.82, 2.24) is 5.32 Å². The largest absolute Gasteiger partial charge is 0.393 e. The third-order valence-electron chi connectivity index (χ3n) is 2.92. The van der Waals surface area contributed by atoms with E-state index in [1.54, 1.807) is 0 Å². The third-order valence-corrected chi connectivity index (χ3v) is 2.92. The Hall–Kier alpha value is -0.600. The summed E-state index contributed by atoms with van der Waals surface area (Å²) in [5.41, 5.74) is 1.53. The maximum absolute atomic E-state index is 8.87. The number of rotatable bonds is 2. The van der Waals surface area contributed by atoms with Crippen LogP contribution in [0.4, 0.5) is 0 Å². The van der Waals surface area contributed by atoms with Gasteiger partial charge in [-0.3, -0.25) is 0 Å². The number of hydrogen-bond acceptors (Lipinski definition) is 2. The first kappa shape index (κ1) is 13.5. The van der Waals surface area contributed by atoms with Crippen molar-refractivity contribution in [3.63, 3.8) is 0 Å². The van der Waals surface area contributed by atoms with E-state index in [9.17, 15) is 0 Å². The van der Waals surface area contributed by atoms with E-state index in [1.165, 1.54) is 31.3 Å². The zero-order chi connectivity index (χ0) is 11.6. The van der Waals surface area contributed by atoms with Gasteiger partial charge in [-0.15, -0.1) is 0 Å². The molecule has 0 spiro atoms. The van der Waals surface area contributed by atoms with Crippen molar-refractivity contribution in [2.24, 2.45) is 0 Å². The molecule has 92 valence electrons. The Morgan fingerprint density at radius 3 is 2.50 bits per heavy atom. The van der Waals surface area contributed by atoms with Gasteiger partial charge < -0.3 is 10.4 Å². The van der Waals surface area contributed by atoms with E-state index in [-0.39, 0.29) is 6.10 Å². The molecule has 0 amide bonds. The van der Waals surface area contributed by atoms with Gasteiger partial charge in [0.15, 0.2) is 0 Å². The Bertz CT molecular complexity index is 227. The Morgan fingerprint density at radius 2 is 2.06 bits per heavy atom. The standard InChI is InChI=1S/C9H14.C5H11NO/c1-2-6-9-7-4-3-5-8-9;7-5-1-3-6-4-2-5/h4,7-8H,2-3,5-6H2,1H3;5-7H,1-4H2. The lowest BCUT2D eigenvalue weighted by molar-refractivity contribution is 0.137. The molecule has 0 radical (unpaired) electrons. The number of allylic oxidation sites excluding steroid dienone is 4. The predicted molar refractivity (Wildman–Crippen MR) is 69.5 cm³/mol. The van der Waals surface area contributed by atoms with Gasteiger partial charge in [-0.1, -0.05) is 37.1 Å². The van der Waals surface area contributed by atoms with Crippen LogP contribution < -0.4 is 5.32 Å². The fourth-order valence-corrected chi connectivity index (χ4v) is 1.95. The summed E-state index contributed by atoms with van der Waals surface area (Å²) in [4.78, 5) is 0. The summed E-state index contributed by atoms with van der Waals surface area (Å²) >= 11 is 0. The molecule has 2 rings (SSSR count).